The zero-order valence-electron chi connectivity index (χ0n) is 11.8. The monoisotopic (exact) mass is 267 g/mol. The number of hydrogen-bond donors (Lipinski definition) is 2. The quantitative estimate of drug-likeness (QED) is 0.825. The number of rotatable bonds is 6. The second-order valence-electron chi connectivity index (χ2n) is 4.62. The molecule has 0 bridgehead atoms. The Kier molecular flexibility index (Phi) is 5.18. The molecule has 0 aliphatic heterocycles. The van der Waals surface area contributed by atoms with E-state index in [2.05, 4.69) is 0 Å². The molecule has 0 aliphatic carbocycles. The van der Waals surface area contributed by atoms with Gasteiger partial charge < -0.3 is 20.3 Å². The summed E-state index contributed by atoms with van der Waals surface area (Å²) in [4.78, 5) is 10.8. The maximum atomic E-state index is 10.8. The van der Waals surface area contributed by atoms with E-state index in [-0.39, 0.29) is 12.3 Å². The standard InChI is InChI=1S/C14H21NO4/c1-8(7-12(16)17)13(15)10-5-6-11(18-3)9(2)14(10)19-4/h5-6,8,13H,7,15H2,1-4H3,(H,16,17). The van der Waals surface area contributed by atoms with Crippen LogP contribution in [0.4, 0.5) is 0 Å². The molecule has 19 heavy (non-hydrogen) atoms. The lowest BCUT2D eigenvalue weighted by molar-refractivity contribution is -0.138. The van der Waals surface area contributed by atoms with Crippen molar-refractivity contribution >= 4 is 5.97 Å². The fraction of sp³-hybridized carbons (Fsp3) is 0.500. The van der Waals surface area contributed by atoms with Crippen LogP contribution in [0.25, 0.3) is 0 Å². The first-order chi connectivity index (χ1) is 8.92. The third-order valence-electron chi connectivity index (χ3n) is 3.28. The van der Waals surface area contributed by atoms with Crippen molar-refractivity contribution in [2.45, 2.75) is 26.3 Å². The molecule has 1 aromatic rings. The second kappa shape index (κ2) is 6.43. The predicted octanol–water partition coefficient (Wildman–Crippen LogP) is 2.12. The van der Waals surface area contributed by atoms with Gasteiger partial charge in [-0.25, -0.2) is 0 Å². The van der Waals surface area contributed by atoms with Gasteiger partial charge in [0.15, 0.2) is 0 Å². The van der Waals surface area contributed by atoms with Crippen molar-refractivity contribution in [1.82, 2.24) is 0 Å². The topological polar surface area (TPSA) is 81.8 Å². The molecule has 2 atom stereocenters. The molecule has 0 spiro atoms. The van der Waals surface area contributed by atoms with E-state index in [4.69, 9.17) is 20.3 Å². The molecule has 3 N–H and O–H groups in total. The van der Waals surface area contributed by atoms with Gasteiger partial charge in [-0.1, -0.05) is 13.0 Å². The molecule has 0 saturated carbocycles. The van der Waals surface area contributed by atoms with Crippen LogP contribution in [-0.2, 0) is 4.79 Å². The molecule has 1 aromatic carbocycles. The Labute approximate surface area is 113 Å². The Hall–Kier alpha value is -1.75. The Morgan fingerprint density at radius 3 is 2.47 bits per heavy atom. The fourth-order valence-corrected chi connectivity index (χ4v) is 2.16. The van der Waals surface area contributed by atoms with Crippen LogP contribution in [0.5, 0.6) is 11.5 Å². The predicted molar refractivity (Wildman–Crippen MR) is 72.6 cm³/mol. The van der Waals surface area contributed by atoms with Crippen molar-refractivity contribution in [3.8, 4) is 11.5 Å². The summed E-state index contributed by atoms with van der Waals surface area (Å²) in [6, 6.07) is 3.25. The van der Waals surface area contributed by atoms with Gasteiger partial charge in [0.2, 0.25) is 0 Å². The average molecular weight is 267 g/mol. The minimum Gasteiger partial charge on any atom is -0.496 e. The van der Waals surface area contributed by atoms with Crippen LogP contribution in [0.2, 0.25) is 0 Å². The highest BCUT2D eigenvalue weighted by atomic mass is 16.5. The van der Waals surface area contributed by atoms with E-state index in [1.54, 1.807) is 14.2 Å². The van der Waals surface area contributed by atoms with Crippen LogP contribution in [0.3, 0.4) is 0 Å². The van der Waals surface area contributed by atoms with Gasteiger partial charge in [-0.2, -0.15) is 0 Å². The summed E-state index contributed by atoms with van der Waals surface area (Å²) < 4.78 is 10.6. The van der Waals surface area contributed by atoms with E-state index >= 15 is 0 Å². The van der Waals surface area contributed by atoms with Gasteiger partial charge in [0.1, 0.15) is 11.5 Å². The Balaban J connectivity index is 3.12. The first kappa shape index (κ1) is 15.3. The molecular weight excluding hydrogens is 246 g/mol. The molecular formula is C14H21NO4. The normalized spacial score (nSPS) is 13.7. The molecule has 2 unspecified atom stereocenters. The van der Waals surface area contributed by atoms with Crippen molar-refractivity contribution < 1.29 is 19.4 Å². The van der Waals surface area contributed by atoms with Gasteiger partial charge in [-0.15, -0.1) is 0 Å². The third-order valence-corrected chi connectivity index (χ3v) is 3.28. The molecule has 106 valence electrons. The first-order valence-electron chi connectivity index (χ1n) is 6.11. The van der Waals surface area contributed by atoms with Crippen LogP contribution in [0, 0.1) is 12.8 Å². The molecule has 0 aliphatic rings. The zero-order chi connectivity index (χ0) is 14.6. The third kappa shape index (κ3) is 3.38. The number of hydrogen-bond acceptors (Lipinski definition) is 4. The number of ether oxygens (including phenoxy) is 2. The summed E-state index contributed by atoms with van der Waals surface area (Å²) in [6.07, 6.45) is 0.0232. The molecule has 0 saturated heterocycles. The molecule has 0 heterocycles. The molecule has 0 amide bonds. The number of aliphatic carboxylic acids is 1. The lowest BCUT2D eigenvalue weighted by Gasteiger charge is -2.23. The van der Waals surface area contributed by atoms with Gasteiger partial charge in [-0.3, -0.25) is 4.79 Å². The molecule has 0 aromatic heterocycles. The fourth-order valence-electron chi connectivity index (χ4n) is 2.16. The van der Waals surface area contributed by atoms with Crippen LogP contribution in [-0.4, -0.2) is 25.3 Å². The summed E-state index contributed by atoms with van der Waals surface area (Å²) in [6.45, 7) is 3.70. The molecule has 0 fully saturated rings. The summed E-state index contributed by atoms with van der Waals surface area (Å²) in [7, 11) is 3.16. The van der Waals surface area contributed by atoms with E-state index < -0.39 is 12.0 Å². The number of carboxylic acids is 1. The molecule has 5 nitrogen and oxygen atoms in total. The Morgan fingerprint density at radius 1 is 1.37 bits per heavy atom. The minimum absolute atomic E-state index is 0.0232. The maximum Gasteiger partial charge on any atom is 0.303 e. The van der Waals surface area contributed by atoms with Crippen LogP contribution in [0.1, 0.15) is 30.5 Å². The minimum atomic E-state index is -0.854. The molecule has 0 radical (unpaired) electrons. The lowest BCUT2D eigenvalue weighted by Crippen LogP contribution is -2.22. The van der Waals surface area contributed by atoms with Crippen LogP contribution in [0.15, 0.2) is 12.1 Å². The van der Waals surface area contributed by atoms with E-state index in [9.17, 15) is 4.79 Å². The van der Waals surface area contributed by atoms with Crippen molar-refractivity contribution in [1.29, 1.82) is 0 Å². The largest absolute Gasteiger partial charge is 0.496 e. The van der Waals surface area contributed by atoms with E-state index in [1.165, 1.54) is 0 Å². The van der Waals surface area contributed by atoms with Crippen molar-refractivity contribution in [2.75, 3.05) is 14.2 Å². The number of benzene rings is 1. The van der Waals surface area contributed by atoms with Crippen LogP contribution < -0.4 is 15.2 Å². The van der Waals surface area contributed by atoms with Gasteiger partial charge >= 0.3 is 5.97 Å². The number of carbonyl (C=O) groups is 1. The highest BCUT2D eigenvalue weighted by Gasteiger charge is 2.23. The van der Waals surface area contributed by atoms with Gasteiger partial charge in [0.25, 0.3) is 0 Å². The van der Waals surface area contributed by atoms with Crippen molar-refractivity contribution in [3.05, 3.63) is 23.3 Å². The molecule has 5 heteroatoms. The highest BCUT2D eigenvalue weighted by molar-refractivity contribution is 5.67. The smallest absolute Gasteiger partial charge is 0.303 e. The van der Waals surface area contributed by atoms with E-state index in [0.29, 0.717) is 5.75 Å². The van der Waals surface area contributed by atoms with E-state index in [0.717, 1.165) is 16.9 Å². The van der Waals surface area contributed by atoms with Gasteiger partial charge in [0, 0.05) is 23.6 Å². The van der Waals surface area contributed by atoms with Crippen molar-refractivity contribution in [3.63, 3.8) is 0 Å². The van der Waals surface area contributed by atoms with Crippen LogP contribution >= 0.6 is 0 Å². The highest BCUT2D eigenvalue weighted by Crippen LogP contribution is 2.36. The summed E-state index contributed by atoms with van der Waals surface area (Å²) in [5, 5.41) is 8.84. The van der Waals surface area contributed by atoms with E-state index in [1.807, 2.05) is 26.0 Å². The van der Waals surface area contributed by atoms with Gasteiger partial charge in [0.05, 0.1) is 14.2 Å². The molecule has 1 rings (SSSR count). The lowest BCUT2D eigenvalue weighted by atomic mass is 9.91. The first-order valence-corrected chi connectivity index (χ1v) is 6.11. The summed E-state index contributed by atoms with van der Waals surface area (Å²) in [5.74, 6) is 0.342. The van der Waals surface area contributed by atoms with Crippen molar-refractivity contribution in [2.24, 2.45) is 11.7 Å². The zero-order valence-corrected chi connectivity index (χ0v) is 11.8. The second-order valence-corrected chi connectivity index (χ2v) is 4.62. The van der Waals surface area contributed by atoms with Gasteiger partial charge in [-0.05, 0) is 18.9 Å². The Morgan fingerprint density at radius 2 is 2.00 bits per heavy atom. The number of methoxy groups -OCH3 is 2. The maximum absolute atomic E-state index is 10.8. The average Bonchev–Trinajstić information content (AvgIpc) is 2.36. The number of nitrogens with two attached hydrogens (primary N) is 1. The summed E-state index contributed by atoms with van der Waals surface area (Å²) in [5.41, 5.74) is 7.80. The number of carboxylic acid groups (broad SMARTS) is 1. The Bertz CT molecular complexity index is 459. The summed E-state index contributed by atoms with van der Waals surface area (Å²) >= 11 is 0. The SMILES string of the molecule is COc1ccc(C(N)C(C)CC(=O)O)c(OC)c1C.